The molecule has 20 heavy (non-hydrogen) atoms. The first-order valence-corrected chi connectivity index (χ1v) is 6.45. The Balaban J connectivity index is 2.19. The van der Waals surface area contributed by atoms with Gasteiger partial charge in [0.1, 0.15) is 0 Å². The second kappa shape index (κ2) is 6.25. The molecular formula is C15H18N4O. The molecule has 0 aliphatic rings. The molecule has 5 nitrogen and oxygen atoms in total. The van der Waals surface area contributed by atoms with Crippen molar-refractivity contribution in [2.75, 3.05) is 7.05 Å². The van der Waals surface area contributed by atoms with Gasteiger partial charge in [-0.15, -0.1) is 0 Å². The van der Waals surface area contributed by atoms with E-state index in [9.17, 15) is 4.79 Å². The number of aromatic nitrogens is 2. The van der Waals surface area contributed by atoms with E-state index in [0.717, 1.165) is 5.56 Å². The minimum atomic E-state index is -0.0496. The molecule has 1 unspecified atom stereocenters. The number of nitrogens with two attached hydrogens (primary N) is 1. The molecule has 1 atom stereocenters. The average Bonchev–Trinajstić information content (AvgIpc) is 2.53. The predicted molar refractivity (Wildman–Crippen MR) is 76.9 cm³/mol. The second-order valence-corrected chi connectivity index (χ2v) is 4.61. The number of nitrogens with zero attached hydrogens (tertiary/aromatic N) is 3. The molecule has 2 aromatic rings. The van der Waals surface area contributed by atoms with Crippen LogP contribution in [0.2, 0.25) is 0 Å². The molecule has 2 aromatic heterocycles. The van der Waals surface area contributed by atoms with Gasteiger partial charge in [-0.05, 0) is 36.8 Å². The topological polar surface area (TPSA) is 72.1 Å². The Kier molecular flexibility index (Phi) is 4.42. The van der Waals surface area contributed by atoms with Crippen LogP contribution < -0.4 is 5.73 Å². The average molecular weight is 270 g/mol. The van der Waals surface area contributed by atoms with E-state index in [1.54, 1.807) is 42.7 Å². The van der Waals surface area contributed by atoms with Crippen molar-refractivity contribution in [1.82, 2.24) is 14.9 Å². The minimum absolute atomic E-state index is 0.0278. The maximum absolute atomic E-state index is 12.5. The number of rotatable bonds is 4. The lowest BCUT2D eigenvalue weighted by molar-refractivity contribution is 0.0742. The molecule has 0 aliphatic heterocycles. The summed E-state index contributed by atoms with van der Waals surface area (Å²) in [5, 5.41) is 0. The minimum Gasteiger partial charge on any atom is -0.335 e. The zero-order valence-electron chi connectivity index (χ0n) is 11.7. The van der Waals surface area contributed by atoms with Crippen molar-refractivity contribution in [3.05, 3.63) is 59.7 Å². The molecule has 0 bridgehead atoms. The van der Waals surface area contributed by atoms with E-state index >= 15 is 0 Å². The number of carbonyl (C=O) groups excluding carboxylic acids is 1. The third-order valence-electron chi connectivity index (χ3n) is 3.36. The fourth-order valence-electron chi connectivity index (χ4n) is 1.97. The summed E-state index contributed by atoms with van der Waals surface area (Å²) >= 11 is 0. The Morgan fingerprint density at radius 2 is 2.00 bits per heavy atom. The van der Waals surface area contributed by atoms with Gasteiger partial charge < -0.3 is 10.6 Å². The van der Waals surface area contributed by atoms with Gasteiger partial charge in [-0.25, -0.2) is 0 Å². The summed E-state index contributed by atoms with van der Waals surface area (Å²) in [6, 6.07) is 7.23. The van der Waals surface area contributed by atoms with Gasteiger partial charge in [0, 0.05) is 37.7 Å². The standard InChI is InChI=1S/C15H18N4O/c1-11(12-3-6-17-7-4-12)19(2)15(20)13-5-8-18-14(9-13)10-16/h3-9,11H,10,16H2,1-2H3. The maximum atomic E-state index is 12.5. The zero-order valence-corrected chi connectivity index (χ0v) is 11.7. The molecule has 5 heteroatoms. The molecular weight excluding hydrogens is 252 g/mol. The van der Waals surface area contributed by atoms with Crippen molar-refractivity contribution in [2.24, 2.45) is 5.73 Å². The molecule has 0 saturated heterocycles. The first-order chi connectivity index (χ1) is 9.63. The molecule has 0 aliphatic carbocycles. The van der Waals surface area contributed by atoms with Crippen LogP contribution >= 0.6 is 0 Å². The highest BCUT2D eigenvalue weighted by atomic mass is 16.2. The number of amides is 1. The molecule has 0 saturated carbocycles. The van der Waals surface area contributed by atoms with Crippen LogP contribution in [-0.2, 0) is 6.54 Å². The van der Waals surface area contributed by atoms with Crippen LogP contribution in [-0.4, -0.2) is 27.8 Å². The first-order valence-electron chi connectivity index (χ1n) is 6.45. The summed E-state index contributed by atoms with van der Waals surface area (Å²) in [4.78, 5) is 22.3. The van der Waals surface area contributed by atoms with Gasteiger partial charge in [0.25, 0.3) is 5.91 Å². The fourth-order valence-corrected chi connectivity index (χ4v) is 1.97. The van der Waals surface area contributed by atoms with E-state index in [1.165, 1.54) is 0 Å². The van der Waals surface area contributed by atoms with Gasteiger partial charge in [-0.2, -0.15) is 0 Å². The Morgan fingerprint density at radius 3 is 2.65 bits per heavy atom. The van der Waals surface area contributed by atoms with Crippen LogP contribution in [0.4, 0.5) is 0 Å². The van der Waals surface area contributed by atoms with Gasteiger partial charge in [-0.1, -0.05) is 0 Å². The Labute approximate surface area is 118 Å². The molecule has 0 spiro atoms. The molecule has 2 heterocycles. The summed E-state index contributed by atoms with van der Waals surface area (Å²) in [7, 11) is 1.79. The van der Waals surface area contributed by atoms with Crippen molar-refractivity contribution in [2.45, 2.75) is 19.5 Å². The number of hydrogen-bond acceptors (Lipinski definition) is 4. The number of pyridine rings is 2. The van der Waals surface area contributed by atoms with Crippen LogP contribution in [0.5, 0.6) is 0 Å². The summed E-state index contributed by atoms with van der Waals surface area (Å²) in [5.74, 6) is -0.0496. The van der Waals surface area contributed by atoms with E-state index in [1.807, 2.05) is 19.1 Å². The van der Waals surface area contributed by atoms with Crippen molar-refractivity contribution < 1.29 is 4.79 Å². The summed E-state index contributed by atoms with van der Waals surface area (Å²) in [5.41, 5.74) is 7.91. The quantitative estimate of drug-likeness (QED) is 0.919. The van der Waals surface area contributed by atoms with Crippen molar-refractivity contribution >= 4 is 5.91 Å². The Hall–Kier alpha value is -2.27. The molecule has 0 aromatic carbocycles. The highest BCUT2D eigenvalue weighted by Crippen LogP contribution is 2.19. The molecule has 1 amide bonds. The van der Waals surface area contributed by atoms with Gasteiger partial charge in [0.2, 0.25) is 0 Å². The SMILES string of the molecule is CC(c1ccncc1)N(C)C(=O)c1ccnc(CN)c1. The van der Waals surface area contributed by atoms with E-state index in [-0.39, 0.29) is 11.9 Å². The second-order valence-electron chi connectivity index (χ2n) is 4.61. The lowest BCUT2D eigenvalue weighted by atomic mass is 10.1. The summed E-state index contributed by atoms with van der Waals surface area (Å²) < 4.78 is 0. The van der Waals surface area contributed by atoms with Gasteiger partial charge in [0.05, 0.1) is 11.7 Å². The summed E-state index contributed by atoms with van der Waals surface area (Å²) in [6.07, 6.45) is 5.06. The predicted octanol–water partition coefficient (Wildman–Crippen LogP) is 1.77. The van der Waals surface area contributed by atoms with E-state index in [4.69, 9.17) is 5.73 Å². The summed E-state index contributed by atoms with van der Waals surface area (Å²) in [6.45, 7) is 2.31. The number of carbonyl (C=O) groups is 1. The Morgan fingerprint density at radius 1 is 1.30 bits per heavy atom. The molecule has 104 valence electrons. The van der Waals surface area contributed by atoms with Crippen LogP contribution in [0.15, 0.2) is 42.9 Å². The monoisotopic (exact) mass is 270 g/mol. The van der Waals surface area contributed by atoms with Crippen LogP contribution in [0, 0.1) is 0 Å². The molecule has 2 rings (SSSR count). The van der Waals surface area contributed by atoms with Gasteiger partial charge in [-0.3, -0.25) is 14.8 Å². The van der Waals surface area contributed by atoms with Crippen LogP contribution in [0.1, 0.15) is 34.6 Å². The van der Waals surface area contributed by atoms with Crippen LogP contribution in [0.25, 0.3) is 0 Å². The highest BCUT2D eigenvalue weighted by molar-refractivity contribution is 5.94. The van der Waals surface area contributed by atoms with Crippen molar-refractivity contribution in [3.8, 4) is 0 Å². The smallest absolute Gasteiger partial charge is 0.254 e. The fraction of sp³-hybridized carbons (Fsp3) is 0.267. The van der Waals surface area contributed by atoms with Crippen molar-refractivity contribution in [1.29, 1.82) is 0 Å². The Bertz CT molecular complexity index is 585. The van der Waals surface area contributed by atoms with E-state index in [0.29, 0.717) is 17.8 Å². The molecule has 0 fully saturated rings. The van der Waals surface area contributed by atoms with E-state index < -0.39 is 0 Å². The highest BCUT2D eigenvalue weighted by Gasteiger charge is 2.19. The maximum Gasteiger partial charge on any atom is 0.254 e. The third kappa shape index (κ3) is 3.00. The van der Waals surface area contributed by atoms with Crippen LogP contribution in [0.3, 0.4) is 0 Å². The van der Waals surface area contributed by atoms with Crippen molar-refractivity contribution in [3.63, 3.8) is 0 Å². The molecule has 0 radical (unpaired) electrons. The van der Waals surface area contributed by atoms with Gasteiger partial charge in [0.15, 0.2) is 0 Å². The first kappa shape index (κ1) is 14.1. The van der Waals surface area contributed by atoms with E-state index in [2.05, 4.69) is 9.97 Å². The van der Waals surface area contributed by atoms with Gasteiger partial charge >= 0.3 is 0 Å². The third-order valence-corrected chi connectivity index (χ3v) is 3.36. The molecule has 2 N–H and O–H groups in total. The lowest BCUT2D eigenvalue weighted by Gasteiger charge is -2.25. The largest absolute Gasteiger partial charge is 0.335 e. The normalized spacial score (nSPS) is 11.9. The number of hydrogen-bond donors (Lipinski definition) is 1. The zero-order chi connectivity index (χ0) is 14.5. The lowest BCUT2D eigenvalue weighted by Crippen LogP contribution is -2.29.